The van der Waals surface area contributed by atoms with Gasteiger partial charge in [0.2, 0.25) is 0 Å². The van der Waals surface area contributed by atoms with Gasteiger partial charge in [0.25, 0.3) is 0 Å². The van der Waals surface area contributed by atoms with Gasteiger partial charge in [-0.05, 0) is 25.8 Å². The van der Waals surface area contributed by atoms with Crippen LogP contribution in [0.25, 0.3) is 0 Å². The van der Waals surface area contributed by atoms with Crippen LogP contribution in [0.5, 0.6) is 0 Å². The second kappa shape index (κ2) is 5.55. The first kappa shape index (κ1) is 9.77. The predicted octanol–water partition coefficient (Wildman–Crippen LogP) is 3.88. The van der Waals surface area contributed by atoms with E-state index in [4.69, 9.17) is 11.6 Å². The van der Waals surface area contributed by atoms with Crippen LogP contribution in [-0.4, -0.2) is 0 Å². The smallest absolute Gasteiger partial charge is 0.0394 e. The maximum absolute atomic E-state index is 5.94. The van der Waals surface area contributed by atoms with Crippen molar-refractivity contribution in [3.8, 4) is 0 Å². The Balaban J connectivity index is 4.27. The fraction of sp³-hybridized carbons (Fsp3) is 0.556. The molecule has 0 aromatic heterocycles. The lowest BCUT2D eigenvalue weighted by Crippen LogP contribution is -1.79. The Morgan fingerprint density at radius 2 is 1.80 bits per heavy atom. The molecule has 0 aromatic carbocycles. The lowest BCUT2D eigenvalue weighted by Gasteiger charge is -2.00. The van der Waals surface area contributed by atoms with E-state index in [9.17, 15) is 0 Å². The van der Waals surface area contributed by atoms with Crippen molar-refractivity contribution in [3.05, 3.63) is 22.8 Å². The van der Waals surface area contributed by atoms with Gasteiger partial charge in [0.05, 0.1) is 0 Å². The molecular weight excluding hydrogens is 144 g/mol. The van der Waals surface area contributed by atoms with Crippen molar-refractivity contribution < 1.29 is 0 Å². The molecule has 10 heavy (non-hydrogen) atoms. The van der Waals surface area contributed by atoms with Gasteiger partial charge in [-0.15, -0.1) is 0 Å². The Morgan fingerprint density at radius 3 is 2.10 bits per heavy atom. The van der Waals surface area contributed by atoms with Gasteiger partial charge in [-0.1, -0.05) is 37.1 Å². The molecule has 0 nitrogen and oxygen atoms in total. The highest BCUT2D eigenvalue weighted by atomic mass is 35.5. The van der Waals surface area contributed by atoms with Gasteiger partial charge in [-0.25, -0.2) is 0 Å². The molecule has 0 saturated carbocycles. The molecule has 0 aliphatic heterocycles. The second-order valence-electron chi connectivity index (χ2n) is 2.16. The molecule has 0 N–H and O–H groups in total. The van der Waals surface area contributed by atoms with Gasteiger partial charge in [-0.3, -0.25) is 0 Å². The zero-order valence-electron chi connectivity index (χ0n) is 6.95. The number of allylic oxidation sites excluding steroid dienone is 4. The molecule has 0 fully saturated rings. The van der Waals surface area contributed by atoms with Crippen LogP contribution in [0.1, 0.15) is 33.6 Å². The molecule has 0 unspecified atom stereocenters. The Hall–Kier alpha value is -0.230. The van der Waals surface area contributed by atoms with E-state index in [1.54, 1.807) is 0 Å². The van der Waals surface area contributed by atoms with E-state index in [1.165, 1.54) is 5.57 Å². The van der Waals surface area contributed by atoms with Crippen molar-refractivity contribution >= 4 is 11.6 Å². The van der Waals surface area contributed by atoms with E-state index < -0.39 is 0 Å². The highest BCUT2D eigenvalue weighted by Crippen LogP contribution is 2.16. The molecule has 0 aromatic rings. The zero-order valence-corrected chi connectivity index (χ0v) is 7.70. The van der Waals surface area contributed by atoms with E-state index in [-0.39, 0.29) is 0 Å². The molecule has 0 radical (unpaired) electrons. The molecule has 0 aliphatic rings. The maximum Gasteiger partial charge on any atom is 0.0394 e. The van der Waals surface area contributed by atoms with Crippen LogP contribution in [0.4, 0.5) is 0 Å². The third-order valence-corrected chi connectivity index (χ3v) is 1.90. The highest BCUT2D eigenvalue weighted by Gasteiger charge is 1.94. The van der Waals surface area contributed by atoms with Crippen molar-refractivity contribution in [2.75, 3.05) is 0 Å². The number of halogens is 1. The van der Waals surface area contributed by atoms with E-state index in [2.05, 4.69) is 13.8 Å². The van der Waals surface area contributed by atoms with Crippen LogP contribution in [0.2, 0.25) is 0 Å². The zero-order chi connectivity index (χ0) is 7.98. The fourth-order valence-corrected chi connectivity index (χ4v) is 1.25. The predicted molar refractivity (Wildman–Crippen MR) is 48.3 cm³/mol. The minimum absolute atomic E-state index is 0.910. The molecule has 0 heterocycles. The normalized spacial score (nSPS) is 10.4. The largest absolute Gasteiger partial charge is 0.0862 e. The van der Waals surface area contributed by atoms with Gasteiger partial charge in [0, 0.05) is 5.03 Å². The van der Waals surface area contributed by atoms with Crippen LogP contribution in [0, 0.1) is 0 Å². The van der Waals surface area contributed by atoms with Crippen LogP contribution < -0.4 is 0 Å². The van der Waals surface area contributed by atoms with Crippen LogP contribution in [-0.2, 0) is 0 Å². The molecule has 0 aliphatic carbocycles. The summed E-state index contributed by atoms with van der Waals surface area (Å²) in [5.41, 5.74) is 1.33. The van der Waals surface area contributed by atoms with Crippen molar-refractivity contribution in [1.29, 1.82) is 0 Å². The van der Waals surface area contributed by atoms with Crippen molar-refractivity contribution in [3.63, 3.8) is 0 Å². The molecular formula is C9H15Cl. The third kappa shape index (κ3) is 3.07. The summed E-state index contributed by atoms with van der Waals surface area (Å²) in [5, 5.41) is 0.910. The highest BCUT2D eigenvalue weighted by molar-refractivity contribution is 6.31. The first-order valence-corrected chi connectivity index (χ1v) is 4.14. The SMILES string of the molecule is C/C=C\C(Cl)=C(CC)CC. The Labute approximate surface area is 68.6 Å². The molecule has 0 atom stereocenters. The summed E-state index contributed by atoms with van der Waals surface area (Å²) in [4.78, 5) is 0. The summed E-state index contributed by atoms with van der Waals surface area (Å²) in [6, 6.07) is 0. The molecule has 58 valence electrons. The lowest BCUT2D eigenvalue weighted by molar-refractivity contribution is 0.973. The monoisotopic (exact) mass is 158 g/mol. The van der Waals surface area contributed by atoms with Gasteiger partial charge < -0.3 is 0 Å². The van der Waals surface area contributed by atoms with Crippen molar-refractivity contribution in [2.45, 2.75) is 33.6 Å². The van der Waals surface area contributed by atoms with Gasteiger partial charge in [0.1, 0.15) is 0 Å². The number of rotatable bonds is 3. The number of hydrogen-bond donors (Lipinski definition) is 0. The molecule has 0 bridgehead atoms. The average Bonchev–Trinajstić information content (AvgIpc) is 1.91. The quantitative estimate of drug-likeness (QED) is 0.547. The summed E-state index contributed by atoms with van der Waals surface area (Å²) in [5.74, 6) is 0. The summed E-state index contributed by atoms with van der Waals surface area (Å²) in [6.45, 7) is 6.24. The third-order valence-electron chi connectivity index (χ3n) is 1.50. The summed E-state index contributed by atoms with van der Waals surface area (Å²) >= 11 is 5.94. The van der Waals surface area contributed by atoms with E-state index in [0.717, 1.165) is 17.9 Å². The average molecular weight is 159 g/mol. The minimum Gasteiger partial charge on any atom is -0.0862 e. The summed E-state index contributed by atoms with van der Waals surface area (Å²) < 4.78 is 0. The molecule has 0 amide bonds. The van der Waals surface area contributed by atoms with Crippen LogP contribution in [0.15, 0.2) is 22.8 Å². The first-order valence-electron chi connectivity index (χ1n) is 3.76. The van der Waals surface area contributed by atoms with Crippen molar-refractivity contribution in [2.24, 2.45) is 0 Å². The Morgan fingerprint density at radius 1 is 1.30 bits per heavy atom. The molecule has 0 rings (SSSR count). The molecule has 0 spiro atoms. The van der Waals surface area contributed by atoms with E-state index >= 15 is 0 Å². The molecule has 0 saturated heterocycles. The minimum atomic E-state index is 0.910. The van der Waals surface area contributed by atoms with Gasteiger partial charge >= 0.3 is 0 Å². The summed E-state index contributed by atoms with van der Waals surface area (Å²) in [6.07, 6.45) is 6.02. The van der Waals surface area contributed by atoms with Gasteiger partial charge in [-0.2, -0.15) is 0 Å². The Kier molecular flexibility index (Phi) is 5.42. The lowest BCUT2D eigenvalue weighted by atomic mass is 10.1. The van der Waals surface area contributed by atoms with Crippen LogP contribution >= 0.6 is 11.6 Å². The summed E-state index contributed by atoms with van der Waals surface area (Å²) in [7, 11) is 0. The second-order valence-corrected chi connectivity index (χ2v) is 2.57. The molecule has 1 heteroatoms. The van der Waals surface area contributed by atoms with Crippen LogP contribution in [0.3, 0.4) is 0 Å². The van der Waals surface area contributed by atoms with Gasteiger partial charge in [0.15, 0.2) is 0 Å². The number of hydrogen-bond acceptors (Lipinski definition) is 0. The van der Waals surface area contributed by atoms with Crippen molar-refractivity contribution in [1.82, 2.24) is 0 Å². The van der Waals surface area contributed by atoms with E-state index in [1.807, 2.05) is 19.1 Å². The standard InChI is InChI=1S/C9H15Cl/c1-4-7-9(10)8(5-2)6-3/h4,7H,5-6H2,1-3H3/b7-4-. The maximum atomic E-state index is 5.94. The fourth-order valence-electron chi connectivity index (χ4n) is 0.852. The first-order chi connectivity index (χ1) is 4.76. The topological polar surface area (TPSA) is 0 Å². The van der Waals surface area contributed by atoms with E-state index in [0.29, 0.717) is 0 Å². The Bertz CT molecular complexity index is 137.